The van der Waals surface area contributed by atoms with E-state index >= 15 is 0 Å². The Morgan fingerprint density at radius 3 is 2.52 bits per heavy atom. The second-order valence-electron chi connectivity index (χ2n) is 5.24. The summed E-state index contributed by atoms with van der Waals surface area (Å²) in [5.41, 5.74) is 2.01. The largest absolute Gasteiger partial charge is 0.454 e. The molecule has 1 aliphatic heterocycles. The molecular formula is C18H11NO2. The van der Waals surface area contributed by atoms with Gasteiger partial charge in [-0.3, -0.25) is 0 Å². The molecule has 0 radical (unpaired) electrons. The molecule has 0 bridgehead atoms. The number of fused-ring (bicyclic) bond motifs is 5. The Morgan fingerprint density at radius 2 is 1.57 bits per heavy atom. The van der Waals surface area contributed by atoms with Crippen molar-refractivity contribution in [2.45, 2.75) is 0 Å². The van der Waals surface area contributed by atoms with Crippen molar-refractivity contribution in [2.75, 3.05) is 6.79 Å². The van der Waals surface area contributed by atoms with Crippen LogP contribution in [0.15, 0.2) is 54.6 Å². The third-order valence-electron chi connectivity index (χ3n) is 4.00. The molecule has 0 N–H and O–H groups in total. The lowest BCUT2D eigenvalue weighted by molar-refractivity contribution is 0.174. The number of nitrogens with zero attached hydrogens (tertiary/aromatic N) is 1. The lowest BCUT2D eigenvalue weighted by Crippen LogP contribution is -1.92. The average Bonchev–Trinajstić information content (AvgIpc) is 2.98. The summed E-state index contributed by atoms with van der Waals surface area (Å²) in [5.74, 6) is 1.60. The fourth-order valence-electron chi connectivity index (χ4n) is 2.96. The van der Waals surface area contributed by atoms with E-state index in [0.29, 0.717) is 6.79 Å². The van der Waals surface area contributed by atoms with Crippen LogP contribution in [-0.2, 0) is 0 Å². The van der Waals surface area contributed by atoms with Gasteiger partial charge in [-0.1, -0.05) is 30.3 Å². The number of rotatable bonds is 0. The fourth-order valence-corrected chi connectivity index (χ4v) is 2.96. The lowest BCUT2D eigenvalue weighted by Gasteiger charge is -2.06. The molecular weight excluding hydrogens is 262 g/mol. The Labute approximate surface area is 120 Å². The van der Waals surface area contributed by atoms with Crippen molar-refractivity contribution in [3.05, 3.63) is 54.6 Å². The van der Waals surface area contributed by atoms with Crippen LogP contribution in [0, 0.1) is 0 Å². The van der Waals surface area contributed by atoms with E-state index in [0.717, 1.165) is 44.1 Å². The highest BCUT2D eigenvalue weighted by Gasteiger charge is 2.15. The normalized spacial score (nSPS) is 13.3. The predicted molar refractivity (Wildman–Crippen MR) is 82.9 cm³/mol. The molecule has 3 heteroatoms. The van der Waals surface area contributed by atoms with Gasteiger partial charge in [-0.25, -0.2) is 4.98 Å². The van der Waals surface area contributed by atoms with E-state index in [1.165, 1.54) is 0 Å². The average molecular weight is 273 g/mol. The van der Waals surface area contributed by atoms with Crippen LogP contribution in [0.5, 0.6) is 11.5 Å². The number of ether oxygens (including phenoxy) is 2. The van der Waals surface area contributed by atoms with E-state index in [1.54, 1.807) is 0 Å². The minimum atomic E-state index is 0.292. The van der Waals surface area contributed by atoms with E-state index in [1.807, 2.05) is 30.3 Å². The smallest absolute Gasteiger partial charge is 0.231 e. The molecule has 100 valence electrons. The van der Waals surface area contributed by atoms with Gasteiger partial charge < -0.3 is 9.47 Å². The third kappa shape index (κ3) is 1.51. The molecule has 5 rings (SSSR count). The predicted octanol–water partition coefficient (Wildman–Crippen LogP) is 4.27. The van der Waals surface area contributed by atoms with Crippen molar-refractivity contribution in [1.29, 1.82) is 0 Å². The van der Waals surface area contributed by atoms with E-state index in [4.69, 9.17) is 14.5 Å². The quantitative estimate of drug-likeness (QED) is 0.354. The van der Waals surface area contributed by atoms with Gasteiger partial charge in [0.1, 0.15) is 0 Å². The zero-order chi connectivity index (χ0) is 13.8. The summed E-state index contributed by atoms with van der Waals surface area (Å²) >= 11 is 0. The Bertz CT molecular complexity index is 1020. The van der Waals surface area contributed by atoms with Crippen molar-refractivity contribution < 1.29 is 9.47 Å². The Morgan fingerprint density at radius 1 is 0.762 bits per heavy atom. The summed E-state index contributed by atoms with van der Waals surface area (Å²) in [5, 5.41) is 4.52. The van der Waals surface area contributed by atoms with Crippen LogP contribution >= 0.6 is 0 Å². The molecule has 2 heterocycles. The SMILES string of the molecule is c1ccc2nc3c(ccc4cc5c(cc43)OCO5)cc2c1. The number of para-hydroxylation sites is 1. The number of benzene rings is 3. The maximum Gasteiger partial charge on any atom is 0.231 e. The van der Waals surface area contributed by atoms with Crippen LogP contribution in [-0.4, -0.2) is 11.8 Å². The highest BCUT2D eigenvalue weighted by molar-refractivity contribution is 6.09. The lowest BCUT2D eigenvalue weighted by atomic mass is 10.0. The second-order valence-corrected chi connectivity index (χ2v) is 5.24. The third-order valence-corrected chi connectivity index (χ3v) is 4.00. The van der Waals surface area contributed by atoms with E-state index in [2.05, 4.69) is 24.3 Å². The summed E-state index contributed by atoms with van der Waals surface area (Å²) in [7, 11) is 0. The molecule has 0 atom stereocenters. The summed E-state index contributed by atoms with van der Waals surface area (Å²) in [6.07, 6.45) is 0. The first kappa shape index (κ1) is 10.9. The second kappa shape index (κ2) is 3.85. The Balaban J connectivity index is 1.96. The summed E-state index contributed by atoms with van der Waals surface area (Å²) in [6, 6.07) is 18.6. The topological polar surface area (TPSA) is 31.4 Å². The van der Waals surface area contributed by atoms with Crippen LogP contribution in [0.4, 0.5) is 0 Å². The van der Waals surface area contributed by atoms with Crippen molar-refractivity contribution in [1.82, 2.24) is 4.98 Å². The van der Waals surface area contributed by atoms with Crippen LogP contribution in [0.3, 0.4) is 0 Å². The molecule has 0 aliphatic carbocycles. The van der Waals surface area contributed by atoms with Crippen LogP contribution in [0.1, 0.15) is 0 Å². The zero-order valence-corrected chi connectivity index (χ0v) is 11.2. The summed E-state index contributed by atoms with van der Waals surface area (Å²) in [4.78, 5) is 4.83. The molecule has 0 amide bonds. The van der Waals surface area contributed by atoms with Crippen molar-refractivity contribution in [2.24, 2.45) is 0 Å². The van der Waals surface area contributed by atoms with Gasteiger partial charge in [-0.2, -0.15) is 0 Å². The molecule has 3 nitrogen and oxygen atoms in total. The van der Waals surface area contributed by atoms with Gasteiger partial charge in [0, 0.05) is 16.2 Å². The van der Waals surface area contributed by atoms with Crippen LogP contribution in [0.25, 0.3) is 32.6 Å². The molecule has 0 unspecified atom stereocenters. The maximum atomic E-state index is 5.49. The molecule has 1 aromatic heterocycles. The fraction of sp³-hybridized carbons (Fsp3) is 0.0556. The van der Waals surface area contributed by atoms with E-state index in [9.17, 15) is 0 Å². The molecule has 21 heavy (non-hydrogen) atoms. The van der Waals surface area contributed by atoms with Gasteiger partial charge in [0.15, 0.2) is 11.5 Å². The van der Waals surface area contributed by atoms with E-state index < -0.39 is 0 Å². The van der Waals surface area contributed by atoms with Gasteiger partial charge in [0.25, 0.3) is 0 Å². The first-order chi connectivity index (χ1) is 10.4. The molecule has 4 aromatic rings. The molecule has 0 saturated heterocycles. The van der Waals surface area contributed by atoms with Gasteiger partial charge >= 0.3 is 0 Å². The number of hydrogen-bond acceptors (Lipinski definition) is 3. The minimum Gasteiger partial charge on any atom is -0.454 e. The van der Waals surface area contributed by atoms with Crippen LogP contribution < -0.4 is 9.47 Å². The maximum absolute atomic E-state index is 5.49. The van der Waals surface area contributed by atoms with E-state index in [-0.39, 0.29) is 0 Å². The standard InChI is InChI=1S/C18H11NO2/c1-2-4-15-12(3-1)7-13-6-5-11-8-16-17(21-10-20-16)9-14(11)18(13)19-15/h1-9H,10H2. The summed E-state index contributed by atoms with van der Waals surface area (Å²) < 4.78 is 10.9. The number of pyridine rings is 1. The monoisotopic (exact) mass is 273 g/mol. The molecule has 3 aromatic carbocycles. The molecule has 0 saturated carbocycles. The van der Waals surface area contributed by atoms with Crippen molar-refractivity contribution in [3.8, 4) is 11.5 Å². The van der Waals surface area contributed by atoms with Crippen LogP contribution in [0.2, 0.25) is 0 Å². The van der Waals surface area contributed by atoms with Gasteiger partial charge in [-0.15, -0.1) is 0 Å². The summed E-state index contributed by atoms with van der Waals surface area (Å²) in [6.45, 7) is 0.292. The van der Waals surface area contributed by atoms with Gasteiger partial charge in [0.2, 0.25) is 6.79 Å². The van der Waals surface area contributed by atoms with Gasteiger partial charge in [0.05, 0.1) is 11.0 Å². The highest BCUT2D eigenvalue weighted by Crippen LogP contribution is 2.38. The number of aromatic nitrogens is 1. The van der Waals surface area contributed by atoms with Gasteiger partial charge in [-0.05, 0) is 29.7 Å². The zero-order valence-electron chi connectivity index (χ0n) is 11.2. The minimum absolute atomic E-state index is 0.292. The molecule has 0 spiro atoms. The first-order valence-electron chi connectivity index (χ1n) is 6.90. The molecule has 0 fully saturated rings. The Kier molecular flexibility index (Phi) is 2.00. The first-order valence-corrected chi connectivity index (χ1v) is 6.90. The number of hydrogen-bond donors (Lipinski definition) is 0. The van der Waals surface area contributed by atoms with Crippen molar-refractivity contribution >= 4 is 32.6 Å². The highest BCUT2D eigenvalue weighted by atomic mass is 16.7. The van der Waals surface area contributed by atoms with Crippen molar-refractivity contribution in [3.63, 3.8) is 0 Å². The Hall–Kier alpha value is -2.81. The molecule has 1 aliphatic rings.